The van der Waals surface area contributed by atoms with Crippen molar-refractivity contribution in [3.63, 3.8) is 0 Å². The average Bonchev–Trinajstić information content (AvgIpc) is 2.44. The van der Waals surface area contributed by atoms with Crippen molar-refractivity contribution in [2.75, 3.05) is 14.2 Å². The van der Waals surface area contributed by atoms with Crippen LogP contribution in [0.4, 0.5) is 0 Å². The van der Waals surface area contributed by atoms with Crippen molar-refractivity contribution in [1.82, 2.24) is 0 Å². The predicted octanol–water partition coefficient (Wildman–Crippen LogP) is 2.41. The van der Waals surface area contributed by atoms with Crippen LogP contribution in [-0.4, -0.2) is 26.2 Å². The summed E-state index contributed by atoms with van der Waals surface area (Å²) in [5, 5.41) is 1.54. The average molecular weight is 244 g/mol. The molecule has 0 fully saturated rings. The maximum atomic E-state index is 11.7. The van der Waals surface area contributed by atoms with E-state index in [0.29, 0.717) is 11.1 Å². The molecule has 0 aliphatic heterocycles. The molecule has 0 aliphatic rings. The summed E-state index contributed by atoms with van der Waals surface area (Å²) < 4.78 is 9.38. The minimum atomic E-state index is -0.481. The maximum absolute atomic E-state index is 11.7. The summed E-state index contributed by atoms with van der Waals surface area (Å²) in [6.07, 6.45) is 0. The number of carbonyl (C=O) groups excluding carboxylic acids is 2. The van der Waals surface area contributed by atoms with Crippen LogP contribution in [0.25, 0.3) is 10.8 Å². The van der Waals surface area contributed by atoms with Crippen LogP contribution < -0.4 is 0 Å². The third-order valence-electron chi connectivity index (χ3n) is 2.69. The number of benzene rings is 2. The lowest BCUT2D eigenvalue weighted by Crippen LogP contribution is -2.07. The van der Waals surface area contributed by atoms with Crippen molar-refractivity contribution in [1.29, 1.82) is 0 Å². The van der Waals surface area contributed by atoms with Gasteiger partial charge in [0.25, 0.3) is 0 Å². The highest BCUT2D eigenvalue weighted by Crippen LogP contribution is 2.22. The fraction of sp³-hybridized carbons (Fsp3) is 0.143. The van der Waals surface area contributed by atoms with E-state index in [1.54, 1.807) is 6.07 Å². The van der Waals surface area contributed by atoms with E-state index in [-0.39, 0.29) is 0 Å². The number of carbonyl (C=O) groups is 2. The smallest absolute Gasteiger partial charge is 0.338 e. The van der Waals surface area contributed by atoms with E-state index in [0.717, 1.165) is 10.8 Å². The molecule has 0 atom stereocenters. The summed E-state index contributed by atoms with van der Waals surface area (Å²) in [6.45, 7) is 0. The minimum absolute atomic E-state index is 0.330. The van der Waals surface area contributed by atoms with Crippen LogP contribution in [0.5, 0.6) is 0 Å². The predicted molar refractivity (Wildman–Crippen MR) is 66.6 cm³/mol. The van der Waals surface area contributed by atoms with Gasteiger partial charge in [0.1, 0.15) is 0 Å². The third-order valence-corrected chi connectivity index (χ3v) is 2.69. The Morgan fingerprint density at radius 3 is 2.28 bits per heavy atom. The second-order valence-electron chi connectivity index (χ2n) is 3.73. The van der Waals surface area contributed by atoms with Gasteiger partial charge < -0.3 is 9.47 Å². The molecule has 0 unspecified atom stereocenters. The van der Waals surface area contributed by atoms with E-state index in [1.807, 2.05) is 24.3 Å². The van der Waals surface area contributed by atoms with Crippen LogP contribution in [0.3, 0.4) is 0 Å². The molecule has 4 heteroatoms. The first-order chi connectivity index (χ1) is 8.67. The fourth-order valence-electron chi connectivity index (χ4n) is 1.83. The zero-order valence-corrected chi connectivity index (χ0v) is 10.1. The van der Waals surface area contributed by atoms with Crippen LogP contribution >= 0.6 is 0 Å². The number of methoxy groups -OCH3 is 2. The number of hydrogen-bond acceptors (Lipinski definition) is 4. The quantitative estimate of drug-likeness (QED) is 0.761. The first-order valence-electron chi connectivity index (χ1n) is 5.37. The third kappa shape index (κ3) is 2.05. The number of hydrogen-bond donors (Lipinski definition) is 0. The molecule has 0 radical (unpaired) electrons. The van der Waals surface area contributed by atoms with Gasteiger partial charge in [-0.25, -0.2) is 9.59 Å². The number of esters is 2. The van der Waals surface area contributed by atoms with Crippen LogP contribution in [0, 0.1) is 0 Å². The van der Waals surface area contributed by atoms with Gasteiger partial charge >= 0.3 is 11.9 Å². The number of rotatable bonds is 2. The van der Waals surface area contributed by atoms with Gasteiger partial charge in [-0.1, -0.05) is 24.3 Å². The molecule has 0 amide bonds. The summed E-state index contributed by atoms with van der Waals surface area (Å²) in [5.41, 5.74) is 0.688. The van der Waals surface area contributed by atoms with Gasteiger partial charge in [0.2, 0.25) is 0 Å². The molecule has 2 aromatic rings. The van der Waals surface area contributed by atoms with Crippen LogP contribution in [-0.2, 0) is 9.47 Å². The van der Waals surface area contributed by atoms with Crippen molar-refractivity contribution >= 4 is 22.7 Å². The second-order valence-corrected chi connectivity index (χ2v) is 3.73. The second kappa shape index (κ2) is 4.87. The highest BCUT2D eigenvalue weighted by atomic mass is 16.5. The highest BCUT2D eigenvalue weighted by Gasteiger charge is 2.15. The Hall–Kier alpha value is -2.36. The Kier molecular flexibility index (Phi) is 3.28. The van der Waals surface area contributed by atoms with Crippen molar-refractivity contribution < 1.29 is 19.1 Å². The topological polar surface area (TPSA) is 52.6 Å². The molecule has 0 heterocycles. The molecule has 0 saturated heterocycles. The van der Waals surface area contributed by atoms with Gasteiger partial charge in [-0.05, 0) is 22.9 Å². The van der Waals surface area contributed by atoms with Crippen molar-refractivity contribution in [3.8, 4) is 0 Å². The molecule has 2 aromatic carbocycles. The molecule has 0 bridgehead atoms. The molecule has 0 N–H and O–H groups in total. The largest absolute Gasteiger partial charge is 0.465 e. The normalized spacial score (nSPS) is 10.1. The summed E-state index contributed by atoms with van der Waals surface area (Å²) in [7, 11) is 2.61. The Labute approximate surface area is 104 Å². The molecule has 0 spiro atoms. The SMILES string of the molecule is COC(=O)c1cc(C(=O)OC)c2ccccc2c1. The molecule has 92 valence electrons. The lowest BCUT2D eigenvalue weighted by molar-refractivity contribution is 0.0600. The first kappa shape index (κ1) is 12.1. The number of fused-ring (bicyclic) bond motifs is 1. The molecule has 0 saturated carbocycles. The molecule has 0 aliphatic carbocycles. The Balaban J connectivity index is 2.72. The summed E-state index contributed by atoms with van der Waals surface area (Å²) in [4.78, 5) is 23.3. The van der Waals surface area contributed by atoms with Gasteiger partial charge in [-0.15, -0.1) is 0 Å². The molecule has 4 nitrogen and oxygen atoms in total. The van der Waals surface area contributed by atoms with Gasteiger partial charge in [0.15, 0.2) is 0 Å². The van der Waals surface area contributed by atoms with Crippen molar-refractivity contribution in [3.05, 3.63) is 47.5 Å². The Morgan fingerprint density at radius 2 is 1.61 bits per heavy atom. The molecular formula is C14H12O4. The van der Waals surface area contributed by atoms with Gasteiger partial charge in [-0.3, -0.25) is 0 Å². The first-order valence-corrected chi connectivity index (χ1v) is 5.37. The molecule has 2 rings (SSSR count). The fourth-order valence-corrected chi connectivity index (χ4v) is 1.83. The van der Waals surface area contributed by atoms with E-state index in [9.17, 15) is 9.59 Å². The van der Waals surface area contributed by atoms with E-state index >= 15 is 0 Å². The van der Waals surface area contributed by atoms with E-state index < -0.39 is 11.9 Å². The van der Waals surface area contributed by atoms with E-state index in [2.05, 4.69) is 4.74 Å². The summed E-state index contributed by atoms with van der Waals surface area (Å²) >= 11 is 0. The Bertz CT molecular complexity index is 616. The lowest BCUT2D eigenvalue weighted by atomic mass is 10.0. The lowest BCUT2D eigenvalue weighted by Gasteiger charge is -2.07. The van der Waals surface area contributed by atoms with E-state index in [1.165, 1.54) is 20.3 Å². The van der Waals surface area contributed by atoms with Crippen LogP contribution in [0.2, 0.25) is 0 Å². The summed E-state index contributed by atoms with van der Waals surface area (Å²) in [6, 6.07) is 10.5. The van der Waals surface area contributed by atoms with E-state index in [4.69, 9.17) is 4.74 Å². The molecular weight excluding hydrogens is 232 g/mol. The standard InChI is InChI=1S/C14H12O4/c1-17-13(15)10-7-9-5-3-4-6-11(9)12(8-10)14(16)18-2/h3-8H,1-2H3. The van der Waals surface area contributed by atoms with Gasteiger partial charge in [0, 0.05) is 0 Å². The van der Waals surface area contributed by atoms with Crippen molar-refractivity contribution in [2.45, 2.75) is 0 Å². The Morgan fingerprint density at radius 1 is 0.944 bits per heavy atom. The highest BCUT2D eigenvalue weighted by molar-refractivity contribution is 6.07. The minimum Gasteiger partial charge on any atom is -0.465 e. The van der Waals surface area contributed by atoms with Crippen LogP contribution in [0.1, 0.15) is 20.7 Å². The molecule has 18 heavy (non-hydrogen) atoms. The zero-order valence-electron chi connectivity index (χ0n) is 10.1. The number of ether oxygens (including phenoxy) is 2. The summed E-state index contributed by atoms with van der Waals surface area (Å²) in [5.74, 6) is -0.956. The molecule has 0 aromatic heterocycles. The maximum Gasteiger partial charge on any atom is 0.338 e. The monoisotopic (exact) mass is 244 g/mol. The van der Waals surface area contributed by atoms with Gasteiger partial charge in [0.05, 0.1) is 25.3 Å². The van der Waals surface area contributed by atoms with Gasteiger partial charge in [-0.2, -0.15) is 0 Å². The van der Waals surface area contributed by atoms with Crippen LogP contribution in [0.15, 0.2) is 36.4 Å². The zero-order chi connectivity index (χ0) is 13.1. The van der Waals surface area contributed by atoms with Crippen molar-refractivity contribution in [2.24, 2.45) is 0 Å².